The Balaban J connectivity index is 1.45. The second-order valence-electron chi connectivity index (χ2n) is 5.73. The van der Waals surface area contributed by atoms with Crippen LogP contribution in [-0.2, 0) is 11.3 Å². The van der Waals surface area contributed by atoms with Gasteiger partial charge in [-0.05, 0) is 46.7 Å². The minimum Gasteiger partial charge on any atom is -0.349 e. The van der Waals surface area contributed by atoms with E-state index in [1.807, 2.05) is 58.7 Å². The topological polar surface area (TPSA) is 64.2 Å². The van der Waals surface area contributed by atoms with Crippen LogP contribution in [0.5, 0.6) is 0 Å². The van der Waals surface area contributed by atoms with E-state index >= 15 is 0 Å². The third-order valence-electron chi connectivity index (χ3n) is 4.12. The Morgan fingerprint density at radius 1 is 1.12 bits per heavy atom. The fraction of sp³-hybridized carbons (Fsp3) is 0.167. The van der Waals surface area contributed by atoms with Gasteiger partial charge in [-0.3, -0.25) is 9.20 Å². The zero-order valence-electron chi connectivity index (χ0n) is 13.4. The molecular formula is C18H17N5OS. The summed E-state index contributed by atoms with van der Waals surface area (Å²) in [6, 6.07) is 11.7. The highest BCUT2D eigenvalue weighted by atomic mass is 32.1. The predicted octanol–water partition coefficient (Wildman–Crippen LogP) is 2.89. The second kappa shape index (κ2) is 6.90. The molecule has 0 aliphatic heterocycles. The minimum atomic E-state index is -0.0161. The minimum absolute atomic E-state index is 0.00334. The smallest absolute Gasteiger partial charge is 0.222 e. The van der Waals surface area contributed by atoms with E-state index in [1.54, 1.807) is 11.3 Å². The Labute approximate surface area is 148 Å². The van der Waals surface area contributed by atoms with Crippen molar-refractivity contribution in [3.05, 3.63) is 77.1 Å². The molecule has 0 bridgehead atoms. The fourth-order valence-corrected chi connectivity index (χ4v) is 3.56. The van der Waals surface area contributed by atoms with Crippen LogP contribution < -0.4 is 5.32 Å². The average Bonchev–Trinajstić information content (AvgIpc) is 3.40. The number of amides is 1. The molecule has 0 aliphatic rings. The molecule has 4 aromatic rings. The van der Waals surface area contributed by atoms with Crippen LogP contribution in [0.3, 0.4) is 0 Å². The van der Waals surface area contributed by atoms with Crippen molar-refractivity contribution in [2.75, 3.05) is 0 Å². The number of nitrogens with zero attached hydrogens (tertiary/aromatic N) is 4. The van der Waals surface area contributed by atoms with Crippen molar-refractivity contribution in [3.8, 4) is 0 Å². The van der Waals surface area contributed by atoms with Crippen LogP contribution in [0.1, 0.15) is 23.9 Å². The van der Waals surface area contributed by atoms with Crippen LogP contribution in [0.2, 0.25) is 0 Å². The zero-order valence-corrected chi connectivity index (χ0v) is 14.3. The van der Waals surface area contributed by atoms with Gasteiger partial charge in [0, 0.05) is 18.6 Å². The molecule has 1 N–H and O–H groups in total. The molecule has 0 saturated carbocycles. The van der Waals surface area contributed by atoms with Crippen molar-refractivity contribution in [1.29, 1.82) is 0 Å². The standard InChI is InChI=1S/C18H17N5OS/c24-18(19-12-17-21-20-16-5-1-2-9-23(16)17)11-15(14-6-10-25-13-14)22-7-3-4-8-22/h1-10,13,15H,11-12H2,(H,19,24)/t15-/m1/s1. The Hall–Kier alpha value is -2.93. The number of fused-ring (bicyclic) bond motifs is 1. The highest BCUT2D eigenvalue weighted by Gasteiger charge is 2.18. The van der Waals surface area contributed by atoms with Crippen LogP contribution in [0.4, 0.5) is 0 Å². The molecule has 126 valence electrons. The summed E-state index contributed by atoms with van der Waals surface area (Å²) in [6.07, 6.45) is 6.25. The van der Waals surface area contributed by atoms with Crippen molar-refractivity contribution in [2.45, 2.75) is 19.0 Å². The first-order chi connectivity index (χ1) is 12.3. The fourth-order valence-electron chi connectivity index (χ4n) is 2.85. The lowest BCUT2D eigenvalue weighted by Gasteiger charge is -2.17. The lowest BCUT2D eigenvalue weighted by Crippen LogP contribution is -2.27. The molecule has 6 nitrogen and oxygen atoms in total. The lowest BCUT2D eigenvalue weighted by atomic mass is 10.1. The zero-order chi connectivity index (χ0) is 17.1. The number of carbonyl (C=O) groups is 1. The molecule has 4 rings (SSSR count). The quantitative estimate of drug-likeness (QED) is 0.581. The van der Waals surface area contributed by atoms with Gasteiger partial charge in [-0.1, -0.05) is 6.07 Å². The Morgan fingerprint density at radius 2 is 1.96 bits per heavy atom. The van der Waals surface area contributed by atoms with E-state index in [9.17, 15) is 4.79 Å². The number of thiophene rings is 1. The second-order valence-corrected chi connectivity index (χ2v) is 6.51. The van der Waals surface area contributed by atoms with Crippen molar-refractivity contribution in [2.24, 2.45) is 0 Å². The van der Waals surface area contributed by atoms with Crippen LogP contribution in [-0.4, -0.2) is 25.1 Å². The molecule has 4 heterocycles. The predicted molar refractivity (Wildman–Crippen MR) is 96.3 cm³/mol. The number of hydrogen-bond acceptors (Lipinski definition) is 4. The van der Waals surface area contributed by atoms with Crippen LogP contribution in [0.25, 0.3) is 5.65 Å². The molecule has 7 heteroatoms. The lowest BCUT2D eigenvalue weighted by molar-refractivity contribution is -0.121. The summed E-state index contributed by atoms with van der Waals surface area (Å²) in [7, 11) is 0. The summed E-state index contributed by atoms with van der Waals surface area (Å²) < 4.78 is 3.94. The summed E-state index contributed by atoms with van der Waals surface area (Å²) in [6.45, 7) is 0.353. The summed E-state index contributed by atoms with van der Waals surface area (Å²) in [5.74, 6) is 0.703. The van der Waals surface area contributed by atoms with E-state index in [2.05, 4.69) is 31.5 Å². The molecule has 0 aliphatic carbocycles. The summed E-state index contributed by atoms with van der Waals surface area (Å²) in [5.41, 5.74) is 1.92. The van der Waals surface area contributed by atoms with E-state index < -0.39 is 0 Å². The van der Waals surface area contributed by atoms with E-state index in [0.29, 0.717) is 13.0 Å². The molecule has 0 unspecified atom stereocenters. The molecule has 0 spiro atoms. The maximum Gasteiger partial charge on any atom is 0.222 e. The van der Waals surface area contributed by atoms with Crippen molar-refractivity contribution >= 4 is 22.9 Å². The third-order valence-corrected chi connectivity index (χ3v) is 4.82. The molecule has 1 atom stereocenters. The van der Waals surface area contributed by atoms with Gasteiger partial charge in [-0.2, -0.15) is 11.3 Å². The summed E-state index contributed by atoms with van der Waals surface area (Å²) in [4.78, 5) is 12.5. The molecule has 0 radical (unpaired) electrons. The number of nitrogens with one attached hydrogen (secondary N) is 1. The largest absolute Gasteiger partial charge is 0.349 e. The van der Waals surface area contributed by atoms with Gasteiger partial charge < -0.3 is 9.88 Å². The SMILES string of the molecule is O=C(C[C@H](c1ccsc1)n1cccc1)NCc1nnc2ccccn12. The van der Waals surface area contributed by atoms with E-state index in [-0.39, 0.29) is 11.9 Å². The molecular weight excluding hydrogens is 334 g/mol. The third kappa shape index (κ3) is 3.32. The van der Waals surface area contributed by atoms with Crippen molar-refractivity contribution < 1.29 is 4.79 Å². The first-order valence-corrected chi connectivity index (χ1v) is 8.95. The molecule has 0 aromatic carbocycles. The van der Waals surface area contributed by atoms with E-state index in [4.69, 9.17) is 0 Å². The first kappa shape index (κ1) is 15.6. The summed E-state index contributed by atoms with van der Waals surface area (Å²) in [5, 5.41) is 15.3. The highest BCUT2D eigenvalue weighted by molar-refractivity contribution is 7.08. The van der Waals surface area contributed by atoms with E-state index in [0.717, 1.165) is 17.0 Å². The molecule has 25 heavy (non-hydrogen) atoms. The number of pyridine rings is 1. The molecule has 4 aromatic heterocycles. The van der Waals surface area contributed by atoms with Crippen LogP contribution in [0.15, 0.2) is 65.7 Å². The maximum absolute atomic E-state index is 12.5. The monoisotopic (exact) mass is 351 g/mol. The molecule has 0 fully saturated rings. The maximum atomic E-state index is 12.5. The number of hydrogen-bond donors (Lipinski definition) is 1. The molecule has 0 saturated heterocycles. The van der Waals surface area contributed by atoms with Gasteiger partial charge >= 0.3 is 0 Å². The Bertz CT molecular complexity index is 924. The van der Waals surface area contributed by atoms with Gasteiger partial charge in [0.2, 0.25) is 5.91 Å². The van der Waals surface area contributed by atoms with Gasteiger partial charge in [-0.25, -0.2) is 0 Å². The number of carbonyl (C=O) groups excluding carboxylic acids is 1. The highest BCUT2D eigenvalue weighted by Crippen LogP contribution is 2.24. The van der Waals surface area contributed by atoms with E-state index in [1.165, 1.54) is 0 Å². The first-order valence-electron chi connectivity index (χ1n) is 8.01. The number of aromatic nitrogens is 4. The summed E-state index contributed by atoms with van der Waals surface area (Å²) >= 11 is 1.64. The van der Waals surface area contributed by atoms with Gasteiger partial charge in [0.1, 0.15) is 0 Å². The van der Waals surface area contributed by atoms with Gasteiger partial charge in [0.05, 0.1) is 19.0 Å². The average molecular weight is 351 g/mol. The normalized spacial score (nSPS) is 12.3. The van der Waals surface area contributed by atoms with Gasteiger partial charge in [-0.15, -0.1) is 10.2 Å². The Morgan fingerprint density at radius 3 is 2.76 bits per heavy atom. The molecule has 1 amide bonds. The van der Waals surface area contributed by atoms with Crippen LogP contribution in [0, 0.1) is 0 Å². The van der Waals surface area contributed by atoms with Crippen LogP contribution >= 0.6 is 11.3 Å². The Kier molecular flexibility index (Phi) is 4.30. The van der Waals surface area contributed by atoms with Crippen molar-refractivity contribution in [1.82, 2.24) is 24.5 Å². The van der Waals surface area contributed by atoms with Crippen molar-refractivity contribution in [3.63, 3.8) is 0 Å². The van der Waals surface area contributed by atoms with Gasteiger partial charge in [0.25, 0.3) is 0 Å². The number of rotatable bonds is 6. The van der Waals surface area contributed by atoms with Gasteiger partial charge in [0.15, 0.2) is 11.5 Å².